The van der Waals surface area contributed by atoms with Gasteiger partial charge in [-0.1, -0.05) is 13.8 Å². The molecular weight excluding hydrogens is 368 g/mol. The van der Waals surface area contributed by atoms with Gasteiger partial charge in [-0.05, 0) is 44.0 Å². The molecule has 0 fully saturated rings. The number of aliphatic carboxylic acids is 1. The molecule has 0 aliphatic heterocycles. The number of aryl methyl sites for hydroxylation is 1. The van der Waals surface area contributed by atoms with Crippen molar-refractivity contribution in [1.82, 2.24) is 10.3 Å². The highest BCUT2D eigenvalue weighted by Crippen LogP contribution is 2.25. The van der Waals surface area contributed by atoms with Crippen LogP contribution in [0.2, 0.25) is 0 Å². The minimum atomic E-state index is -0.925. The molecular formula is C19H24N2O3S2. The summed E-state index contributed by atoms with van der Waals surface area (Å²) in [6.45, 7) is 7.57. The minimum absolute atomic E-state index is 0.000976. The van der Waals surface area contributed by atoms with Gasteiger partial charge in [0.15, 0.2) is 0 Å². The Labute approximate surface area is 162 Å². The molecule has 0 aliphatic carbocycles. The molecule has 2 N–H and O–H groups in total. The molecule has 1 unspecified atom stereocenters. The smallest absolute Gasteiger partial charge is 0.305 e. The topological polar surface area (TPSA) is 79.3 Å². The van der Waals surface area contributed by atoms with Crippen LogP contribution >= 0.6 is 23.1 Å². The Hall–Kier alpha value is -1.86. The molecule has 0 radical (unpaired) electrons. The van der Waals surface area contributed by atoms with Crippen LogP contribution in [0.5, 0.6) is 0 Å². The zero-order valence-corrected chi connectivity index (χ0v) is 17.0. The van der Waals surface area contributed by atoms with Gasteiger partial charge in [0.2, 0.25) is 0 Å². The van der Waals surface area contributed by atoms with Gasteiger partial charge in [-0.3, -0.25) is 9.59 Å². The summed E-state index contributed by atoms with van der Waals surface area (Å²) in [7, 11) is 0. The second kappa shape index (κ2) is 8.68. The van der Waals surface area contributed by atoms with Gasteiger partial charge in [0, 0.05) is 21.6 Å². The lowest BCUT2D eigenvalue weighted by atomic mass is 9.85. The number of carbonyl (C=O) groups is 2. The number of amides is 1. The number of carboxylic acids is 1. The number of nitrogens with zero attached hydrogens (tertiary/aromatic N) is 1. The van der Waals surface area contributed by atoms with Crippen LogP contribution < -0.4 is 5.32 Å². The van der Waals surface area contributed by atoms with Crippen LogP contribution in [0.25, 0.3) is 0 Å². The van der Waals surface area contributed by atoms with E-state index in [1.54, 1.807) is 42.2 Å². The summed E-state index contributed by atoms with van der Waals surface area (Å²) in [6.07, 6.45) is -0.114. The van der Waals surface area contributed by atoms with E-state index in [-0.39, 0.29) is 18.2 Å². The Morgan fingerprint density at radius 3 is 2.46 bits per heavy atom. The summed E-state index contributed by atoms with van der Waals surface area (Å²) >= 11 is 3.31. The summed E-state index contributed by atoms with van der Waals surface area (Å²) in [4.78, 5) is 29.1. The predicted molar refractivity (Wildman–Crippen MR) is 106 cm³/mol. The van der Waals surface area contributed by atoms with Crippen LogP contribution in [0.15, 0.2) is 34.5 Å². The standard InChI is InChI=1S/C19H24N2O3S2/c1-12(2)19(4,9-17(22)23)21-18(24)14-5-7-16(8-6-14)26-11-15-10-25-13(3)20-15/h5-8,10,12H,9,11H2,1-4H3,(H,21,24)(H,22,23). The van der Waals surface area contributed by atoms with E-state index >= 15 is 0 Å². The number of nitrogens with one attached hydrogen (secondary N) is 1. The summed E-state index contributed by atoms with van der Waals surface area (Å²) in [6, 6.07) is 7.35. The average Bonchev–Trinajstić information content (AvgIpc) is 2.98. The summed E-state index contributed by atoms with van der Waals surface area (Å²) in [5, 5.41) is 15.1. The summed E-state index contributed by atoms with van der Waals surface area (Å²) < 4.78 is 0. The predicted octanol–water partition coefficient (Wildman–Crippen LogP) is 4.36. The second-order valence-corrected chi connectivity index (χ2v) is 8.88. The van der Waals surface area contributed by atoms with E-state index in [0.717, 1.165) is 21.3 Å². The van der Waals surface area contributed by atoms with Crippen LogP contribution in [-0.2, 0) is 10.5 Å². The molecule has 1 aromatic carbocycles. The van der Waals surface area contributed by atoms with Gasteiger partial charge >= 0.3 is 5.97 Å². The first-order valence-electron chi connectivity index (χ1n) is 8.38. The molecule has 7 heteroatoms. The molecule has 0 spiro atoms. The summed E-state index contributed by atoms with van der Waals surface area (Å²) in [5.74, 6) is -0.390. The lowest BCUT2D eigenvalue weighted by Gasteiger charge is -2.33. The number of rotatable bonds is 8. The first kappa shape index (κ1) is 20.5. The van der Waals surface area contributed by atoms with Crippen molar-refractivity contribution >= 4 is 35.0 Å². The molecule has 1 atom stereocenters. The van der Waals surface area contributed by atoms with Crippen LogP contribution in [-0.4, -0.2) is 27.5 Å². The van der Waals surface area contributed by atoms with E-state index in [2.05, 4.69) is 15.7 Å². The quantitative estimate of drug-likeness (QED) is 0.653. The zero-order chi connectivity index (χ0) is 19.3. The molecule has 0 saturated heterocycles. The molecule has 26 heavy (non-hydrogen) atoms. The molecule has 0 saturated carbocycles. The van der Waals surface area contributed by atoms with Crippen molar-refractivity contribution in [3.8, 4) is 0 Å². The fraction of sp³-hybridized carbons (Fsp3) is 0.421. The maximum absolute atomic E-state index is 12.5. The Morgan fingerprint density at radius 1 is 1.31 bits per heavy atom. The molecule has 140 valence electrons. The largest absolute Gasteiger partial charge is 0.481 e. The zero-order valence-electron chi connectivity index (χ0n) is 15.4. The Kier molecular flexibility index (Phi) is 6.83. The van der Waals surface area contributed by atoms with Crippen LogP contribution in [0.1, 0.15) is 48.3 Å². The number of hydrogen-bond donors (Lipinski definition) is 2. The number of benzene rings is 1. The molecule has 1 aromatic heterocycles. The molecule has 0 bridgehead atoms. The molecule has 1 amide bonds. The van der Waals surface area contributed by atoms with E-state index in [1.807, 2.05) is 32.9 Å². The van der Waals surface area contributed by atoms with Gasteiger partial charge in [-0.25, -0.2) is 4.98 Å². The average molecular weight is 393 g/mol. The van der Waals surface area contributed by atoms with Gasteiger partial charge in [-0.15, -0.1) is 23.1 Å². The number of thiazole rings is 1. The number of aromatic nitrogens is 1. The molecule has 2 aromatic rings. The monoisotopic (exact) mass is 392 g/mol. The molecule has 5 nitrogen and oxygen atoms in total. The van der Waals surface area contributed by atoms with Gasteiger partial charge < -0.3 is 10.4 Å². The van der Waals surface area contributed by atoms with E-state index in [1.165, 1.54) is 0 Å². The van der Waals surface area contributed by atoms with E-state index < -0.39 is 11.5 Å². The van der Waals surface area contributed by atoms with Crippen molar-refractivity contribution in [2.24, 2.45) is 5.92 Å². The Balaban J connectivity index is 2.00. The number of hydrogen-bond acceptors (Lipinski definition) is 5. The lowest BCUT2D eigenvalue weighted by Crippen LogP contribution is -2.51. The number of thioether (sulfide) groups is 1. The Morgan fingerprint density at radius 2 is 1.96 bits per heavy atom. The third-order valence-corrected chi connectivity index (χ3v) is 6.23. The van der Waals surface area contributed by atoms with Crippen molar-refractivity contribution in [2.75, 3.05) is 0 Å². The normalized spacial score (nSPS) is 13.4. The number of carbonyl (C=O) groups excluding carboxylic acids is 1. The van der Waals surface area contributed by atoms with Crippen molar-refractivity contribution in [3.05, 3.63) is 45.9 Å². The van der Waals surface area contributed by atoms with E-state index in [0.29, 0.717) is 5.56 Å². The van der Waals surface area contributed by atoms with Crippen LogP contribution in [0.3, 0.4) is 0 Å². The first-order valence-corrected chi connectivity index (χ1v) is 10.2. The highest BCUT2D eigenvalue weighted by Gasteiger charge is 2.33. The summed E-state index contributed by atoms with van der Waals surface area (Å²) in [5.41, 5.74) is 0.788. The minimum Gasteiger partial charge on any atom is -0.481 e. The van der Waals surface area contributed by atoms with Crippen LogP contribution in [0, 0.1) is 12.8 Å². The number of carboxylic acid groups (broad SMARTS) is 1. The van der Waals surface area contributed by atoms with E-state index in [9.17, 15) is 9.59 Å². The SMILES string of the molecule is Cc1nc(CSc2ccc(C(=O)NC(C)(CC(=O)O)C(C)C)cc2)cs1. The fourth-order valence-corrected chi connectivity index (χ4v) is 3.88. The van der Waals surface area contributed by atoms with Crippen molar-refractivity contribution < 1.29 is 14.7 Å². The first-order chi connectivity index (χ1) is 12.2. The van der Waals surface area contributed by atoms with Gasteiger partial charge in [0.1, 0.15) is 0 Å². The second-order valence-electron chi connectivity index (χ2n) is 6.77. The van der Waals surface area contributed by atoms with Gasteiger partial charge in [0.05, 0.1) is 22.7 Å². The van der Waals surface area contributed by atoms with E-state index in [4.69, 9.17) is 5.11 Å². The highest BCUT2D eigenvalue weighted by molar-refractivity contribution is 7.98. The van der Waals surface area contributed by atoms with Crippen molar-refractivity contribution in [1.29, 1.82) is 0 Å². The van der Waals surface area contributed by atoms with Crippen molar-refractivity contribution in [3.63, 3.8) is 0 Å². The van der Waals surface area contributed by atoms with Gasteiger partial charge in [-0.2, -0.15) is 0 Å². The highest BCUT2D eigenvalue weighted by atomic mass is 32.2. The lowest BCUT2D eigenvalue weighted by molar-refractivity contribution is -0.138. The maximum Gasteiger partial charge on any atom is 0.305 e. The molecule has 0 aliphatic rings. The third-order valence-electron chi connectivity index (χ3n) is 4.36. The molecule has 2 rings (SSSR count). The van der Waals surface area contributed by atoms with Gasteiger partial charge in [0.25, 0.3) is 5.91 Å². The van der Waals surface area contributed by atoms with Crippen molar-refractivity contribution in [2.45, 2.75) is 50.3 Å². The fourth-order valence-electron chi connectivity index (χ4n) is 2.37. The maximum atomic E-state index is 12.5. The molecule has 1 heterocycles. The van der Waals surface area contributed by atoms with Crippen LogP contribution in [0.4, 0.5) is 0 Å². The Bertz CT molecular complexity index is 771. The third kappa shape index (κ3) is 5.57.